The van der Waals surface area contributed by atoms with Crippen LogP contribution in [0.25, 0.3) is 0 Å². The Morgan fingerprint density at radius 3 is 1.75 bits per heavy atom. The molecule has 4 heteroatoms. The van der Waals surface area contributed by atoms with E-state index in [0.29, 0.717) is 0 Å². The van der Waals surface area contributed by atoms with Crippen molar-refractivity contribution in [2.24, 2.45) is 0 Å². The summed E-state index contributed by atoms with van der Waals surface area (Å²) in [5.41, 5.74) is 0. The topological polar surface area (TPSA) is 54.1 Å². The summed E-state index contributed by atoms with van der Waals surface area (Å²) in [6.07, 6.45) is 0. The predicted octanol–water partition coefficient (Wildman–Crippen LogP) is -1.67. The van der Waals surface area contributed by atoms with Crippen LogP contribution < -0.4 is 5.34 Å². The SMILES string of the molecule is O=[NH+][O-].[Sm]. The first-order valence-corrected chi connectivity index (χ1v) is 0.408. The summed E-state index contributed by atoms with van der Waals surface area (Å²) in [4.78, 5) is 8.12. The van der Waals surface area contributed by atoms with E-state index in [4.69, 9.17) is 10.1 Å². The molecule has 0 spiro atoms. The van der Waals surface area contributed by atoms with Crippen molar-refractivity contribution >= 4 is 0 Å². The van der Waals surface area contributed by atoms with Crippen molar-refractivity contribution in [3.05, 3.63) is 10.1 Å². The number of rotatable bonds is 0. The van der Waals surface area contributed by atoms with Crippen LogP contribution in [0.1, 0.15) is 0 Å². The molecule has 1 N–H and O–H groups in total. The predicted molar refractivity (Wildman–Crippen MR) is 7.70 cm³/mol. The second kappa shape index (κ2) is 9.28. The fourth-order valence-electron chi connectivity index (χ4n) is 0. The largest absolute Gasteiger partial charge is 0.267 e. The van der Waals surface area contributed by atoms with Crippen LogP contribution in [0.3, 0.4) is 0 Å². The fourth-order valence-corrected chi connectivity index (χ4v) is 0. The standard InChI is InChI=1S/HNO2.Sm/c2-1-3;/h1H;. The quantitative estimate of drug-likeness (QED) is 0.373. The minimum Gasteiger partial charge on any atom is -0.267 e. The monoisotopic (exact) mass is 199 g/mol. The Morgan fingerprint density at radius 2 is 1.75 bits per heavy atom. The Balaban J connectivity index is 0. The van der Waals surface area contributed by atoms with E-state index in [1.165, 1.54) is 0 Å². The van der Waals surface area contributed by atoms with Crippen LogP contribution in [-0.4, -0.2) is 0 Å². The van der Waals surface area contributed by atoms with E-state index >= 15 is 0 Å². The van der Waals surface area contributed by atoms with Gasteiger partial charge in [-0.15, -0.1) is 0 Å². The molecule has 3 nitrogen and oxygen atoms in total. The third-order valence-electron chi connectivity index (χ3n) is 0. The van der Waals surface area contributed by atoms with Crippen LogP contribution in [0.5, 0.6) is 0 Å². The fraction of sp³-hybridized carbons (Fsp3) is 0. The minimum absolute atomic E-state index is 0. The van der Waals surface area contributed by atoms with Gasteiger partial charge in [0.25, 0.3) is 0 Å². The van der Waals surface area contributed by atoms with E-state index in [1.807, 2.05) is 0 Å². The van der Waals surface area contributed by atoms with Crippen molar-refractivity contribution in [3.8, 4) is 0 Å². The second-order valence-corrected chi connectivity index (χ2v) is 0.0833. The van der Waals surface area contributed by atoms with E-state index in [1.54, 1.807) is 0 Å². The molecule has 0 aliphatic carbocycles. The van der Waals surface area contributed by atoms with Crippen molar-refractivity contribution in [2.45, 2.75) is 0 Å². The normalized spacial score (nSPS) is 3.00. The summed E-state index contributed by atoms with van der Waals surface area (Å²) in [5.74, 6) is 0. The summed E-state index contributed by atoms with van der Waals surface area (Å²) in [6, 6.07) is 0. The van der Waals surface area contributed by atoms with E-state index in [0.717, 1.165) is 0 Å². The van der Waals surface area contributed by atoms with Gasteiger partial charge in [0.1, 0.15) is 0 Å². The van der Waals surface area contributed by atoms with Crippen molar-refractivity contribution in [2.75, 3.05) is 0 Å². The number of hydrogen-bond donors (Lipinski definition) is 1. The van der Waals surface area contributed by atoms with Crippen LogP contribution in [0.15, 0.2) is 0 Å². The molecule has 0 saturated heterocycles. The first-order chi connectivity index (χ1) is 1.41. The van der Waals surface area contributed by atoms with Gasteiger partial charge in [-0.05, 0) is 0 Å². The molecule has 0 aliphatic rings. The average molecular weight is 197 g/mol. The van der Waals surface area contributed by atoms with Gasteiger partial charge < -0.3 is 0 Å². The van der Waals surface area contributed by atoms with Gasteiger partial charge in [-0.1, -0.05) is 0 Å². The molecule has 0 aromatic rings. The zero-order valence-corrected chi connectivity index (χ0v) is 4.34. The Morgan fingerprint density at radius 1 is 1.75 bits per heavy atom. The maximum absolute atomic E-state index is 8.12. The Hall–Kier alpha value is 0.738. The van der Waals surface area contributed by atoms with Crippen LogP contribution in [0, 0.1) is 50.5 Å². The van der Waals surface area contributed by atoms with Crippen LogP contribution in [0.4, 0.5) is 0 Å². The molecular weight excluding hydrogens is 196 g/mol. The van der Waals surface area contributed by atoms with Crippen LogP contribution >= 0.6 is 0 Å². The summed E-state index contributed by atoms with van der Waals surface area (Å²) in [6.45, 7) is 0. The molecule has 0 bridgehead atoms. The molecule has 0 heterocycles. The van der Waals surface area contributed by atoms with Crippen molar-refractivity contribution < 1.29 is 45.7 Å². The first kappa shape index (κ1) is 8.83. The maximum Gasteiger partial charge on any atom is 0.00366 e. The Kier molecular flexibility index (Phi) is 20.5. The van der Waals surface area contributed by atoms with Gasteiger partial charge >= 0.3 is 0 Å². The molecule has 0 radical (unpaired) electrons. The van der Waals surface area contributed by atoms with Gasteiger partial charge in [0.15, 0.2) is 0 Å². The molecule has 4 heavy (non-hydrogen) atoms. The van der Waals surface area contributed by atoms with Crippen LogP contribution in [-0.2, 0) is 0 Å². The van der Waals surface area contributed by atoms with Crippen molar-refractivity contribution in [1.29, 1.82) is 0 Å². The van der Waals surface area contributed by atoms with Crippen LogP contribution in [0.2, 0.25) is 0 Å². The number of hydrogen-bond acceptors (Lipinski definition) is 2. The van der Waals surface area contributed by atoms with E-state index < -0.39 is 0 Å². The number of nitrogens with one attached hydrogen (secondary N) is 1. The maximum atomic E-state index is 8.12. The zero-order chi connectivity index (χ0) is 2.71. The molecule has 0 aromatic heterocycles. The van der Waals surface area contributed by atoms with E-state index in [9.17, 15) is 0 Å². The van der Waals surface area contributed by atoms with Gasteiger partial charge in [-0.25, -0.2) is 0 Å². The van der Waals surface area contributed by atoms with E-state index in [-0.39, 0.29) is 45.7 Å². The van der Waals surface area contributed by atoms with Crippen molar-refractivity contribution in [1.82, 2.24) is 0 Å². The van der Waals surface area contributed by atoms with Gasteiger partial charge in [-0.3, -0.25) is 10.1 Å². The second-order valence-electron chi connectivity index (χ2n) is 0.0833. The summed E-state index contributed by atoms with van der Waals surface area (Å²) >= 11 is 0. The molecule has 0 aromatic carbocycles. The first-order valence-electron chi connectivity index (χ1n) is 0.408. The Labute approximate surface area is 55.4 Å². The summed E-state index contributed by atoms with van der Waals surface area (Å²) in [5, 5.41) is 8.38. The molecule has 24 valence electrons. The van der Waals surface area contributed by atoms with E-state index in [2.05, 4.69) is 0 Å². The van der Waals surface area contributed by atoms with Gasteiger partial charge in [0.2, 0.25) is 0 Å². The molecule has 0 unspecified atom stereocenters. The average Bonchev–Trinajstić information content (AvgIpc) is 0.918. The molecule has 0 amide bonds. The van der Waals surface area contributed by atoms with Gasteiger partial charge in [0.05, 0.1) is 0 Å². The molecule has 0 saturated carbocycles. The zero-order valence-electron chi connectivity index (χ0n) is 1.72. The third kappa shape index (κ3) is 15.2. The molecule has 0 aliphatic heterocycles. The summed E-state index contributed by atoms with van der Waals surface area (Å²) < 4.78 is 0. The third-order valence-corrected chi connectivity index (χ3v) is 0. The molecular formula is HNO2Sm. The van der Waals surface area contributed by atoms with Gasteiger partial charge in [0, 0.05) is 45.7 Å². The van der Waals surface area contributed by atoms with Crippen molar-refractivity contribution in [3.63, 3.8) is 0 Å². The molecule has 0 fully saturated rings. The smallest absolute Gasteiger partial charge is 0.00366 e. The van der Waals surface area contributed by atoms with Gasteiger partial charge in [-0.2, -0.15) is 0 Å². The summed E-state index contributed by atoms with van der Waals surface area (Å²) in [7, 11) is 0. The Bertz CT molecular complexity index is 13.5. The minimum atomic E-state index is 0. The molecule has 0 atom stereocenters. The molecule has 0 rings (SSSR count).